The monoisotopic (exact) mass is 475 g/mol. The molecule has 176 valence electrons. The molecule has 0 unspecified atom stereocenters. The van der Waals surface area contributed by atoms with E-state index in [9.17, 15) is 13.2 Å². The largest absolute Gasteiger partial charge is 0.497 e. The summed E-state index contributed by atoms with van der Waals surface area (Å²) in [5.41, 5.74) is -0.0247. The first kappa shape index (κ1) is 24.2. The van der Waals surface area contributed by atoms with E-state index in [1.54, 1.807) is 52.1 Å². The van der Waals surface area contributed by atoms with E-state index in [0.717, 1.165) is 0 Å². The second-order valence-electron chi connectivity index (χ2n) is 8.04. The van der Waals surface area contributed by atoms with Crippen LogP contribution >= 0.6 is 0 Å². The topological polar surface area (TPSA) is 130 Å². The maximum absolute atomic E-state index is 12.8. The molecular weight excluding hydrogens is 450 g/mol. The molecule has 0 amide bonds. The SMILES string of the molecule is COc1cccc(-c2noc(COC(=O)c3ccc(OC)c(S(=O)(=O)NC(C)(C)C)c3)n2)c1. The van der Waals surface area contributed by atoms with Crippen molar-refractivity contribution in [3.8, 4) is 22.9 Å². The second kappa shape index (κ2) is 9.59. The van der Waals surface area contributed by atoms with Crippen LogP contribution in [0.25, 0.3) is 11.4 Å². The number of methoxy groups -OCH3 is 2. The summed E-state index contributed by atoms with van der Waals surface area (Å²) in [6.07, 6.45) is 0. The molecule has 0 aliphatic rings. The molecule has 0 spiro atoms. The van der Waals surface area contributed by atoms with Gasteiger partial charge in [-0.3, -0.25) is 0 Å². The van der Waals surface area contributed by atoms with Gasteiger partial charge in [0, 0.05) is 11.1 Å². The predicted octanol–water partition coefficient (Wildman–Crippen LogP) is 3.19. The molecule has 0 aliphatic heterocycles. The third kappa shape index (κ3) is 6.08. The fourth-order valence-corrected chi connectivity index (χ4v) is 4.49. The van der Waals surface area contributed by atoms with E-state index < -0.39 is 21.5 Å². The van der Waals surface area contributed by atoms with Crippen molar-refractivity contribution in [2.75, 3.05) is 14.2 Å². The van der Waals surface area contributed by atoms with E-state index in [1.165, 1.54) is 25.3 Å². The molecule has 0 saturated carbocycles. The Balaban J connectivity index is 1.75. The van der Waals surface area contributed by atoms with Crippen LogP contribution in [0.4, 0.5) is 0 Å². The van der Waals surface area contributed by atoms with Gasteiger partial charge in [-0.25, -0.2) is 17.9 Å². The van der Waals surface area contributed by atoms with Crippen molar-refractivity contribution < 1.29 is 31.9 Å². The van der Waals surface area contributed by atoms with E-state index in [4.69, 9.17) is 18.7 Å². The molecule has 3 rings (SSSR count). The van der Waals surface area contributed by atoms with E-state index >= 15 is 0 Å². The van der Waals surface area contributed by atoms with Gasteiger partial charge in [-0.2, -0.15) is 4.98 Å². The maximum atomic E-state index is 12.8. The van der Waals surface area contributed by atoms with Crippen LogP contribution < -0.4 is 14.2 Å². The number of benzene rings is 2. The van der Waals surface area contributed by atoms with Crippen LogP contribution in [0.5, 0.6) is 11.5 Å². The van der Waals surface area contributed by atoms with Crippen molar-refractivity contribution in [1.29, 1.82) is 0 Å². The Morgan fingerprint density at radius 1 is 1.09 bits per heavy atom. The summed E-state index contributed by atoms with van der Waals surface area (Å²) in [6.45, 7) is 4.84. The van der Waals surface area contributed by atoms with Crippen molar-refractivity contribution in [2.24, 2.45) is 0 Å². The van der Waals surface area contributed by atoms with Gasteiger partial charge in [0.2, 0.25) is 15.8 Å². The van der Waals surface area contributed by atoms with E-state index in [1.807, 2.05) is 0 Å². The number of hydrogen-bond acceptors (Lipinski definition) is 9. The van der Waals surface area contributed by atoms with Crippen molar-refractivity contribution >= 4 is 16.0 Å². The summed E-state index contributed by atoms with van der Waals surface area (Å²) in [5.74, 6) is 0.369. The summed E-state index contributed by atoms with van der Waals surface area (Å²) in [7, 11) is -1.05. The number of rotatable bonds is 8. The molecule has 0 fully saturated rings. The van der Waals surface area contributed by atoms with Crippen LogP contribution in [-0.4, -0.2) is 44.3 Å². The minimum absolute atomic E-state index is 0.0256. The number of esters is 1. The van der Waals surface area contributed by atoms with Gasteiger partial charge in [-0.05, 0) is 51.1 Å². The zero-order valence-electron chi connectivity index (χ0n) is 18.9. The summed E-state index contributed by atoms with van der Waals surface area (Å²) in [5, 5.41) is 3.88. The molecule has 0 atom stereocenters. The molecule has 10 nitrogen and oxygen atoms in total. The van der Waals surface area contributed by atoms with E-state index in [-0.39, 0.29) is 28.7 Å². The summed E-state index contributed by atoms with van der Waals surface area (Å²) in [6, 6.07) is 11.1. The van der Waals surface area contributed by atoms with Gasteiger partial charge < -0.3 is 18.7 Å². The van der Waals surface area contributed by atoms with E-state index in [0.29, 0.717) is 17.1 Å². The molecule has 1 N–H and O–H groups in total. The first-order valence-corrected chi connectivity index (χ1v) is 11.4. The highest BCUT2D eigenvalue weighted by molar-refractivity contribution is 7.89. The van der Waals surface area contributed by atoms with Crippen LogP contribution in [0.3, 0.4) is 0 Å². The summed E-state index contributed by atoms with van der Waals surface area (Å²) >= 11 is 0. The first-order valence-electron chi connectivity index (χ1n) is 9.88. The molecule has 2 aromatic carbocycles. The number of nitrogens with one attached hydrogen (secondary N) is 1. The van der Waals surface area contributed by atoms with Crippen molar-refractivity contribution in [3.63, 3.8) is 0 Å². The first-order chi connectivity index (χ1) is 15.5. The third-order valence-corrected chi connectivity index (χ3v) is 6.03. The lowest BCUT2D eigenvalue weighted by atomic mass is 10.1. The van der Waals surface area contributed by atoms with Gasteiger partial charge in [-0.15, -0.1) is 0 Å². The smallest absolute Gasteiger partial charge is 0.338 e. The average molecular weight is 476 g/mol. The Labute approximate surface area is 191 Å². The van der Waals surface area contributed by atoms with Crippen LogP contribution in [-0.2, 0) is 21.4 Å². The molecule has 0 radical (unpaired) electrons. The molecule has 3 aromatic rings. The Hall–Kier alpha value is -3.44. The normalized spacial score (nSPS) is 11.8. The molecule has 11 heteroatoms. The van der Waals surface area contributed by atoms with Crippen molar-refractivity contribution in [3.05, 3.63) is 53.9 Å². The number of carbonyl (C=O) groups excluding carboxylic acids is 1. The number of aromatic nitrogens is 2. The molecular formula is C22H25N3O7S. The highest BCUT2D eigenvalue weighted by atomic mass is 32.2. The van der Waals surface area contributed by atoms with Gasteiger partial charge in [-0.1, -0.05) is 17.3 Å². The van der Waals surface area contributed by atoms with Crippen LogP contribution in [0.15, 0.2) is 51.9 Å². The minimum atomic E-state index is -3.95. The standard InChI is InChI=1S/C22H25N3O7S/c1-22(2,3)25-33(27,28)18-12-15(9-10-17(18)30-5)21(26)31-13-19-23-20(24-32-19)14-7-6-8-16(11-14)29-4/h6-12,25H,13H2,1-5H3. The average Bonchev–Trinajstić information content (AvgIpc) is 3.24. The number of nitrogens with zero attached hydrogens (tertiary/aromatic N) is 2. The highest BCUT2D eigenvalue weighted by Gasteiger charge is 2.27. The molecule has 33 heavy (non-hydrogen) atoms. The second-order valence-corrected chi connectivity index (χ2v) is 9.69. The zero-order valence-corrected chi connectivity index (χ0v) is 19.7. The molecule has 0 bridgehead atoms. The Bertz CT molecular complexity index is 1250. The van der Waals surface area contributed by atoms with Crippen LogP contribution in [0.1, 0.15) is 37.0 Å². The molecule has 0 saturated heterocycles. The fourth-order valence-electron chi connectivity index (χ4n) is 2.88. The van der Waals surface area contributed by atoms with Crippen molar-refractivity contribution in [1.82, 2.24) is 14.9 Å². The highest BCUT2D eigenvalue weighted by Crippen LogP contribution is 2.27. The van der Waals surface area contributed by atoms with Crippen molar-refractivity contribution in [2.45, 2.75) is 37.8 Å². The molecule has 1 heterocycles. The maximum Gasteiger partial charge on any atom is 0.338 e. The van der Waals surface area contributed by atoms with Gasteiger partial charge >= 0.3 is 5.97 Å². The van der Waals surface area contributed by atoms with Crippen LogP contribution in [0, 0.1) is 0 Å². The molecule has 0 aliphatic carbocycles. The summed E-state index contributed by atoms with van der Waals surface area (Å²) in [4.78, 5) is 16.6. The molecule has 1 aromatic heterocycles. The third-order valence-electron chi connectivity index (χ3n) is 4.25. The van der Waals surface area contributed by atoms with Crippen LogP contribution in [0.2, 0.25) is 0 Å². The predicted molar refractivity (Wildman–Crippen MR) is 118 cm³/mol. The van der Waals surface area contributed by atoms with E-state index in [2.05, 4.69) is 14.9 Å². The van der Waals surface area contributed by atoms with Gasteiger partial charge in [0.05, 0.1) is 19.8 Å². The van der Waals surface area contributed by atoms with Gasteiger partial charge in [0.1, 0.15) is 16.4 Å². The quantitative estimate of drug-likeness (QED) is 0.488. The zero-order chi connectivity index (χ0) is 24.2. The van der Waals surface area contributed by atoms with Gasteiger partial charge in [0.25, 0.3) is 5.89 Å². The lowest BCUT2D eigenvalue weighted by molar-refractivity contribution is 0.0429. The Kier molecular flexibility index (Phi) is 7.04. The minimum Gasteiger partial charge on any atom is -0.497 e. The lowest BCUT2D eigenvalue weighted by Crippen LogP contribution is -2.40. The Morgan fingerprint density at radius 2 is 1.85 bits per heavy atom. The lowest BCUT2D eigenvalue weighted by Gasteiger charge is -2.21. The fraction of sp³-hybridized carbons (Fsp3) is 0.318. The summed E-state index contributed by atoms with van der Waals surface area (Å²) < 4.78 is 48.8. The number of carbonyl (C=O) groups is 1. The Morgan fingerprint density at radius 3 is 2.52 bits per heavy atom. The number of hydrogen-bond donors (Lipinski definition) is 1. The number of sulfonamides is 1. The van der Waals surface area contributed by atoms with Gasteiger partial charge in [0.15, 0.2) is 6.61 Å². The number of ether oxygens (including phenoxy) is 3.